The van der Waals surface area contributed by atoms with Gasteiger partial charge in [0.05, 0.1) is 6.04 Å². The Bertz CT molecular complexity index is 1390. The summed E-state index contributed by atoms with van der Waals surface area (Å²) in [6, 6.07) is 17.0. The third-order valence-electron chi connectivity index (χ3n) is 6.09. The molecule has 0 bridgehead atoms. The second kappa shape index (κ2) is 8.81. The Balaban J connectivity index is 1.66. The Hall–Kier alpha value is -3.29. The Morgan fingerprint density at radius 3 is 2.53 bits per heavy atom. The normalized spacial score (nSPS) is 15.1. The highest BCUT2D eigenvalue weighted by Gasteiger charge is 2.42. The van der Waals surface area contributed by atoms with Crippen LogP contribution in [0.3, 0.4) is 0 Å². The number of aromatic hydroxyl groups is 1. The summed E-state index contributed by atoms with van der Waals surface area (Å²) < 4.78 is 13.5. The number of phenols is 1. The van der Waals surface area contributed by atoms with E-state index in [1.165, 1.54) is 12.1 Å². The number of amides is 1. The number of thioether (sulfide) groups is 1. The molecule has 2 heterocycles. The van der Waals surface area contributed by atoms with Crippen molar-refractivity contribution in [2.75, 3.05) is 6.26 Å². The molecule has 3 aromatic carbocycles. The van der Waals surface area contributed by atoms with Crippen molar-refractivity contribution in [2.24, 2.45) is 0 Å². The number of halogens is 2. The quantitative estimate of drug-likeness (QED) is 0.318. The van der Waals surface area contributed by atoms with Crippen LogP contribution >= 0.6 is 23.4 Å². The largest absolute Gasteiger partial charge is 0.507 e. The van der Waals surface area contributed by atoms with Gasteiger partial charge in [-0.15, -0.1) is 11.8 Å². The zero-order valence-electron chi connectivity index (χ0n) is 18.5. The Morgan fingerprint density at radius 2 is 1.85 bits per heavy atom. The van der Waals surface area contributed by atoms with Gasteiger partial charge in [0.1, 0.15) is 23.0 Å². The maximum absolute atomic E-state index is 13.5. The molecule has 172 valence electrons. The molecule has 0 aliphatic carbocycles. The van der Waals surface area contributed by atoms with Crippen molar-refractivity contribution in [1.29, 1.82) is 0 Å². The predicted octanol–water partition coefficient (Wildman–Crippen LogP) is 6.35. The van der Waals surface area contributed by atoms with Gasteiger partial charge in [-0.3, -0.25) is 9.89 Å². The Labute approximate surface area is 205 Å². The van der Waals surface area contributed by atoms with E-state index >= 15 is 0 Å². The highest BCUT2D eigenvalue weighted by Crippen LogP contribution is 2.46. The van der Waals surface area contributed by atoms with Crippen LogP contribution in [0.25, 0.3) is 11.3 Å². The van der Waals surface area contributed by atoms with E-state index in [1.807, 2.05) is 37.4 Å². The Kier molecular flexibility index (Phi) is 5.83. The average molecular weight is 494 g/mol. The molecule has 1 aliphatic rings. The predicted molar refractivity (Wildman–Crippen MR) is 132 cm³/mol. The number of phenolic OH excluding ortho intramolecular Hbond substituents is 1. The monoisotopic (exact) mass is 493 g/mol. The molecule has 1 unspecified atom stereocenters. The molecular weight excluding hydrogens is 473 g/mol. The summed E-state index contributed by atoms with van der Waals surface area (Å²) in [4.78, 5) is 16.4. The minimum absolute atomic E-state index is 0.0390. The van der Waals surface area contributed by atoms with Crippen LogP contribution in [0.15, 0.2) is 65.6 Å². The molecule has 5 nitrogen and oxygen atoms in total. The van der Waals surface area contributed by atoms with Crippen LogP contribution in [0.4, 0.5) is 4.39 Å². The fourth-order valence-corrected chi connectivity index (χ4v) is 4.91. The molecule has 1 aromatic heterocycles. The van der Waals surface area contributed by atoms with Crippen LogP contribution in [0.5, 0.6) is 5.75 Å². The van der Waals surface area contributed by atoms with Crippen molar-refractivity contribution in [3.8, 4) is 17.0 Å². The van der Waals surface area contributed by atoms with Crippen LogP contribution in [0.2, 0.25) is 5.02 Å². The molecule has 34 heavy (non-hydrogen) atoms. The van der Waals surface area contributed by atoms with E-state index < -0.39 is 6.04 Å². The molecule has 1 atom stereocenters. The third-order valence-corrected chi connectivity index (χ3v) is 7.24. The van der Waals surface area contributed by atoms with Crippen molar-refractivity contribution in [3.05, 3.63) is 99.5 Å². The minimum atomic E-state index is -0.448. The number of nitrogens with zero attached hydrogens (tertiary/aromatic N) is 2. The van der Waals surface area contributed by atoms with Crippen LogP contribution in [-0.4, -0.2) is 32.4 Å². The number of aryl methyl sites for hydroxylation is 1. The highest BCUT2D eigenvalue weighted by molar-refractivity contribution is 7.98. The zero-order valence-corrected chi connectivity index (χ0v) is 20.0. The summed E-state index contributed by atoms with van der Waals surface area (Å²) in [7, 11) is 0. The zero-order chi connectivity index (χ0) is 24.0. The van der Waals surface area contributed by atoms with Gasteiger partial charge < -0.3 is 10.0 Å². The maximum atomic E-state index is 13.5. The number of hydrogen-bond acceptors (Lipinski definition) is 4. The van der Waals surface area contributed by atoms with Gasteiger partial charge in [0.15, 0.2) is 0 Å². The van der Waals surface area contributed by atoms with Gasteiger partial charge in [-0.05, 0) is 66.3 Å². The first-order valence-electron chi connectivity index (χ1n) is 10.6. The van der Waals surface area contributed by atoms with E-state index in [0.29, 0.717) is 27.5 Å². The lowest BCUT2D eigenvalue weighted by molar-refractivity contribution is 0.0730. The van der Waals surface area contributed by atoms with Gasteiger partial charge in [0.2, 0.25) is 0 Å². The number of carbonyl (C=O) groups is 1. The lowest BCUT2D eigenvalue weighted by Gasteiger charge is -2.27. The summed E-state index contributed by atoms with van der Waals surface area (Å²) >= 11 is 7.99. The number of fused-ring (bicyclic) bond motifs is 1. The molecule has 8 heteroatoms. The fourth-order valence-electron chi connectivity index (χ4n) is 4.34. The molecular formula is C26H21ClFN3O2S. The topological polar surface area (TPSA) is 69.2 Å². The van der Waals surface area contributed by atoms with Crippen LogP contribution in [0.1, 0.15) is 38.8 Å². The van der Waals surface area contributed by atoms with Gasteiger partial charge in [-0.1, -0.05) is 35.9 Å². The van der Waals surface area contributed by atoms with Gasteiger partial charge in [0, 0.05) is 27.6 Å². The first-order valence-corrected chi connectivity index (χ1v) is 12.2. The second-order valence-corrected chi connectivity index (χ2v) is 9.50. The Morgan fingerprint density at radius 1 is 1.15 bits per heavy atom. The van der Waals surface area contributed by atoms with E-state index in [0.717, 1.165) is 21.6 Å². The summed E-state index contributed by atoms with van der Waals surface area (Å²) in [5, 5.41) is 18.5. The number of hydrogen-bond donors (Lipinski definition) is 2. The van der Waals surface area contributed by atoms with Crippen molar-refractivity contribution >= 4 is 29.3 Å². The van der Waals surface area contributed by atoms with E-state index in [1.54, 1.807) is 40.9 Å². The molecule has 0 spiro atoms. The third kappa shape index (κ3) is 3.85. The van der Waals surface area contributed by atoms with Gasteiger partial charge in [0.25, 0.3) is 5.91 Å². The maximum Gasteiger partial charge on any atom is 0.273 e. The van der Waals surface area contributed by atoms with Crippen molar-refractivity contribution < 1.29 is 14.3 Å². The summed E-state index contributed by atoms with van der Waals surface area (Å²) in [5.74, 6) is -0.504. The lowest BCUT2D eigenvalue weighted by atomic mass is 9.95. The van der Waals surface area contributed by atoms with Gasteiger partial charge in [-0.2, -0.15) is 5.10 Å². The number of H-pyrrole nitrogens is 1. The molecule has 0 saturated heterocycles. The number of rotatable bonds is 5. The van der Waals surface area contributed by atoms with Crippen LogP contribution in [-0.2, 0) is 6.54 Å². The van der Waals surface area contributed by atoms with Gasteiger partial charge >= 0.3 is 0 Å². The van der Waals surface area contributed by atoms with Gasteiger partial charge in [-0.25, -0.2) is 4.39 Å². The molecule has 5 rings (SSSR count). The van der Waals surface area contributed by atoms with Crippen molar-refractivity contribution in [1.82, 2.24) is 15.1 Å². The summed E-state index contributed by atoms with van der Waals surface area (Å²) in [5.41, 5.74) is 4.44. The second-order valence-electron chi connectivity index (χ2n) is 8.21. The number of aromatic amines is 1. The molecule has 0 radical (unpaired) electrons. The van der Waals surface area contributed by atoms with Crippen molar-refractivity contribution in [3.63, 3.8) is 0 Å². The highest BCUT2D eigenvalue weighted by atomic mass is 35.5. The van der Waals surface area contributed by atoms with E-state index in [9.17, 15) is 14.3 Å². The SMILES string of the molecule is CSc1ccc(C2c3c(-c4cc(Cl)c(C)cc4O)n[nH]c3C(=O)N2Cc2ccc(F)cc2)cc1. The average Bonchev–Trinajstić information content (AvgIpc) is 3.37. The molecule has 4 aromatic rings. The minimum Gasteiger partial charge on any atom is -0.507 e. The standard InChI is InChI=1S/C26H21ClFN3O2S/c1-14-11-21(32)19(12-20(14)27)23-22-24(30-29-23)26(33)31(13-15-3-7-17(28)8-4-15)25(22)16-5-9-18(34-2)10-6-16/h3-12,25,32H,13H2,1-2H3,(H,29,30). The molecule has 1 aliphatic heterocycles. The fraction of sp³-hybridized carbons (Fsp3) is 0.154. The first-order chi connectivity index (χ1) is 16.4. The van der Waals surface area contributed by atoms with E-state index in [4.69, 9.17) is 11.6 Å². The number of carbonyl (C=O) groups excluding carboxylic acids is 1. The first kappa shape index (κ1) is 22.5. The smallest absolute Gasteiger partial charge is 0.273 e. The van der Waals surface area contributed by atoms with Crippen LogP contribution < -0.4 is 0 Å². The van der Waals surface area contributed by atoms with Crippen molar-refractivity contribution in [2.45, 2.75) is 24.4 Å². The number of nitrogens with one attached hydrogen (secondary N) is 1. The van der Waals surface area contributed by atoms with E-state index in [-0.39, 0.29) is 24.0 Å². The molecule has 0 saturated carbocycles. The molecule has 0 fully saturated rings. The van der Waals surface area contributed by atoms with Crippen LogP contribution in [0, 0.1) is 12.7 Å². The summed E-state index contributed by atoms with van der Waals surface area (Å²) in [6.45, 7) is 2.10. The number of benzene rings is 3. The molecule has 2 N–H and O–H groups in total. The molecule has 1 amide bonds. The number of aromatic nitrogens is 2. The van der Waals surface area contributed by atoms with E-state index in [2.05, 4.69) is 10.2 Å². The lowest BCUT2D eigenvalue weighted by Crippen LogP contribution is -2.29. The summed E-state index contributed by atoms with van der Waals surface area (Å²) in [6.07, 6.45) is 2.01.